The van der Waals surface area contributed by atoms with Crippen LogP contribution in [0.15, 0.2) is 36.4 Å². The first kappa shape index (κ1) is 18.3. The van der Waals surface area contributed by atoms with Gasteiger partial charge < -0.3 is 15.4 Å². The minimum atomic E-state index is -0.139. The number of hydrogen-bond donors (Lipinski definition) is 1. The van der Waals surface area contributed by atoms with Crippen molar-refractivity contribution in [3.63, 3.8) is 0 Å². The highest BCUT2D eigenvalue weighted by Gasteiger charge is 2.16. The molecule has 0 saturated carbocycles. The molecule has 1 amide bonds. The lowest BCUT2D eigenvalue weighted by Gasteiger charge is -2.21. The molecule has 5 heteroatoms. The van der Waals surface area contributed by atoms with Gasteiger partial charge in [-0.3, -0.25) is 4.79 Å². The molecule has 1 atom stereocenters. The molecule has 4 nitrogen and oxygen atoms in total. The third-order valence-corrected chi connectivity index (χ3v) is 3.68. The van der Waals surface area contributed by atoms with E-state index >= 15 is 0 Å². The van der Waals surface area contributed by atoms with Gasteiger partial charge in [-0.25, -0.2) is 0 Å². The van der Waals surface area contributed by atoms with Crippen molar-refractivity contribution in [1.29, 1.82) is 0 Å². The first-order chi connectivity index (χ1) is 10.0. The average molecular weight is 323 g/mol. The molecule has 0 aliphatic carbocycles. The molecular weight excluding hydrogens is 300 g/mol. The van der Waals surface area contributed by atoms with Crippen molar-refractivity contribution in [2.24, 2.45) is 11.7 Å². The number of fused-ring (bicyclic) bond motifs is 1. The van der Waals surface area contributed by atoms with Crippen LogP contribution in [-0.4, -0.2) is 31.5 Å². The summed E-state index contributed by atoms with van der Waals surface area (Å²) in [4.78, 5) is 13.8. The second-order valence-corrected chi connectivity index (χ2v) is 5.38. The third kappa shape index (κ3) is 4.12. The molecule has 2 rings (SSSR count). The van der Waals surface area contributed by atoms with Gasteiger partial charge in [-0.15, -0.1) is 12.4 Å². The Morgan fingerprint density at radius 2 is 1.86 bits per heavy atom. The van der Waals surface area contributed by atoms with Gasteiger partial charge in [0, 0.05) is 26.1 Å². The number of benzene rings is 2. The highest BCUT2D eigenvalue weighted by molar-refractivity contribution is 5.85. The van der Waals surface area contributed by atoms with E-state index in [4.69, 9.17) is 10.5 Å². The maximum absolute atomic E-state index is 12.1. The van der Waals surface area contributed by atoms with Crippen molar-refractivity contribution in [1.82, 2.24) is 4.90 Å². The summed E-state index contributed by atoms with van der Waals surface area (Å²) < 4.78 is 5.22. The lowest BCUT2D eigenvalue weighted by molar-refractivity contribution is -0.133. The summed E-state index contributed by atoms with van der Waals surface area (Å²) in [5, 5.41) is 2.27. The van der Waals surface area contributed by atoms with Crippen molar-refractivity contribution in [3.05, 3.63) is 42.0 Å². The molecule has 0 heterocycles. The zero-order valence-corrected chi connectivity index (χ0v) is 14.0. The number of carbonyl (C=O) groups excluding carboxylic acids is 1. The quantitative estimate of drug-likeness (QED) is 0.921. The van der Waals surface area contributed by atoms with Crippen LogP contribution in [0.2, 0.25) is 0 Å². The van der Waals surface area contributed by atoms with E-state index in [1.54, 1.807) is 12.0 Å². The Balaban J connectivity index is 0.00000242. The topological polar surface area (TPSA) is 55.6 Å². The summed E-state index contributed by atoms with van der Waals surface area (Å²) in [5.41, 5.74) is 6.65. The SMILES string of the molecule is COc1ccc2cc(CN(C)C(=O)C(C)CN)ccc2c1.Cl. The van der Waals surface area contributed by atoms with Gasteiger partial charge in [-0.05, 0) is 34.5 Å². The molecule has 2 aromatic carbocycles. The third-order valence-electron chi connectivity index (χ3n) is 3.68. The molecule has 2 N–H and O–H groups in total. The van der Waals surface area contributed by atoms with Gasteiger partial charge in [0.15, 0.2) is 0 Å². The molecule has 0 spiro atoms. The molecule has 0 fully saturated rings. The summed E-state index contributed by atoms with van der Waals surface area (Å²) in [7, 11) is 3.47. The predicted octanol–water partition coefficient (Wildman–Crippen LogP) is 2.82. The van der Waals surface area contributed by atoms with Gasteiger partial charge >= 0.3 is 0 Å². The van der Waals surface area contributed by atoms with Gasteiger partial charge in [0.2, 0.25) is 5.91 Å². The van der Waals surface area contributed by atoms with Gasteiger partial charge in [0.25, 0.3) is 0 Å². The standard InChI is InChI=1S/C17H22N2O2.ClH/c1-12(10-18)17(20)19(2)11-13-4-5-15-9-16(21-3)7-6-14(15)8-13;/h4-9,12H,10-11,18H2,1-3H3;1H. The number of methoxy groups -OCH3 is 1. The number of ether oxygens (including phenoxy) is 1. The number of rotatable bonds is 5. The maximum atomic E-state index is 12.1. The first-order valence-corrected chi connectivity index (χ1v) is 7.07. The molecule has 0 aliphatic heterocycles. The zero-order valence-electron chi connectivity index (χ0n) is 13.2. The number of halogens is 1. The van der Waals surface area contributed by atoms with E-state index < -0.39 is 0 Å². The summed E-state index contributed by atoms with van der Waals surface area (Å²) >= 11 is 0. The van der Waals surface area contributed by atoms with Crippen molar-refractivity contribution in [2.45, 2.75) is 13.5 Å². The van der Waals surface area contributed by atoms with Crippen LogP contribution in [0.5, 0.6) is 5.75 Å². The van der Waals surface area contributed by atoms with Crippen molar-refractivity contribution >= 4 is 29.1 Å². The van der Waals surface area contributed by atoms with E-state index in [9.17, 15) is 4.79 Å². The van der Waals surface area contributed by atoms with Crippen LogP contribution in [0.25, 0.3) is 10.8 Å². The van der Waals surface area contributed by atoms with Crippen LogP contribution in [0.1, 0.15) is 12.5 Å². The average Bonchev–Trinajstić information content (AvgIpc) is 2.52. The van der Waals surface area contributed by atoms with Gasteiger partial charge in [0.1, 0.15) is 5.75 Å². The van der Waals surface area contributed by atoms with E-state index in [0.29, 0.717) is 13.1 Å². The fraction of sp³-hybridized carbons (Fsp3) is 0.353. The molecule has 22 heavy (non-hydrogen) atoms. The highest BCUT2D eigenvalue weighted by Crippen LogP contribution is 2.22. The van der Waals surface area contributed by atoms with Crippen molar-refractivity contribution in [2.75, 3.05) is 20.7 Å². The molecule has 2 aromatic rings. The summed E-state index contributed by atoms with van der Waals surface area (Å²) in [6, 6.07) is 12.2. The normalized spacial score (nSPS) is 11.6. The fourth-order valence-corrected chi connectivity index (χ4v) is 2.33. The largest absolute Gasteiger partial charge is 0.497 e. The van der Waals surface area contributed by atoms with E-state index in [0.717, 1.165) is 22.1 Å². The zero-order chi connectivity index (χ0) is 15.4. The number of nitrogens with two attached hydrogens (primary N) is 1. The van der Waals surface area contributed by atoms with Crippen LogP contribution < -0.4 is 10.5 Å². The van der Waals surface area contributed by atoms with Gasteiger partial charge in [-0.2, -0.15) is 0 Å². The fourth-order valence-electron chi connectivity index (χ4n) is 2.33. The lowest BCUT2D eigenvalue weighted by Crippen LogP contribution is -2.34. The Bertz CT molecular complexity index is 646. The predicted molar refractivity (Wildman–Crippen MR) is 92.4 cm³/mol. The van der Waals surface area contributed by atoms with Crippen molar-refractivity contribution in [3.8, 4) is 5.75 Å². The minimum absolute atomic E-state index is 0. The minimum Gasteiger partial charge on any atom is -0.497 e. The number of hydrogen-bond acceptors (Lipinski definition) is 3. The Morgan fingerprint density at radius 3 is 2.50 bits per heavy atom. The first-order valence-electron chi connectivity index (χ1n) is 7.07. The Kier molecular flexibility index (Phi) is 6.65. The highest BCUT2D eigenvalue weighted by atomic mass is 35.5. The summed E-state index contributed by atoms with van der Waals surface area (Å²) in [6.45, 7) is 2.82. The molecular formula is C17H23ClN2O2. The van der Waals surface area contributed by atoms with E-state index in [1.165, 1.54) is 0 Å². The number of nitrogens with zero attached hydrogens (tertiary/aromatic N) is 1. The van der Waals surface area contributed by atoms with Gasteiger partial charge in [0.05, 0.1) is 7.11 Å². The van der Waals surface area contributed by atoms with Crippen LogP contribution in [-0.2, 0) is 11.3 Å². The van der Waals surface area contributed by atoms with Crippen molar-refractivity contribution < 1.29 is 9.53 Å². The Morgan fingerprint density at radius 1 is 1.23 bits per heavy atom. The Labute approximate surface area is 137 Å². The smallest absolute Gasteiger partial charge is 0.226 e. The number of carbonyl (C=O) groups is 1. The van der Waals surface area contributed by atoms with Crippen LogP contribution in [0.4, 0.5) is 0 Å². The Hall–Kier alpha value is -1.78. The van der Waals surface area contributed by atoms with E-state index in [2.05, 4.69) is 12.1 Å². The molecule has 0 aliphatic rings. The molecule has 120 valence electrons. The van der Waals surface area contributed by atoms with Crippen LogP contribution >= 0.6 is 12.4 Å². The van der Waals surface area contributed by atoms with Crippen LogP contribution in [0.3, 0.4) is 0 Å². The molecule has 0 radical (unpaired) electrons. The van der Waals surface area contributed by atoms with Crippen LogP contribution in [0, 0.1) is 5.92 Å². The monoisotopic (exact) mass is 322 g/mol. The second kappa shape index (κ2) is 8.01. The molecule has 0 bridgehead atoms. The van der Waals surface area contributed by atoms with E-state index in [1.807, 2.05) is 38.2 Å². The molecule has 0 saturated heterocycles. The maximum Gasteiger partial charge on any atom is 0.226 e. The summed E-state index contributed by atoms with van der Waals surface area (Å²) in [6.07, 6.45) is 0. The number of amides is 1. The van der Waals surface area contributed by atoms with Gasteiger partial charge in [-0.1, -0.05) is 25.1 Å². The molecule has 1 unspecified atom stereocenters. The second-order valence-electron chi connectivity index (χ2n) is 5.38. The molecule has 0 aromatic heterocycles. The summed E-state index contributed by atoms with van der Waals surface area (Å²) in [5.74, 6) is 0.784. The van der Waals surface area contributed by atoms with E-state index in [-0.39, 0.29) is 24.2 Å². The lowest BCUT2D eigenvalue weighted by atomic mass is 10.1.